The summed E-state index contributed by atoms with van der Waals surface area (Å²) in [5.41, 5.74) is 11.9. The fourth-order valence-corrected chi connectivity index (χ4v) is 6.27. The van der Waals surface area contributed by atoms with Crippen molar-refractivity contribution >= 4 is 33.2 Å². The minimum atomic E-state index is 0.0684. The first-order valence-electron chi connectivity index (χ1n) is 14.3. The number of fused-ring (bicyclic) bond motifs is 8. The fourth-order valence-electron chi connectivity index (χ4n) is 6.27. The lowest BCUT2D eigenvalue weighted by Crippen LogP contribution is -2.26. The quantitative estimate of drug-likeness (QED) is 0.253. The highest BCUT2D eigenvalue weighted by Crippen LogP contribution is 2.51. The van der Waals surface area contributed by atoms with Crippen LogP contribution in [-0.4, -0.2) is 9.38 Å². The van der Waals surface area contributed by atoms with Gasteiger partial charge in [-0.05, 0) is 89.5 Å². The molecule has 37 heavy (non-hydrogen) atoms. The van der Waals surface area contributed by atoms with Crippen LogP contribution in [0, 0.1) is 5.41 Å². The summed E-state index contributed by atoms with van der Waals surface area (Å²) in [5, 5.41) is 1.36. The van der Waals surface area contributed by atoms with Gasteiger partial charge >= 0.3 is 0 Å². The van der Waals surface area contributed by atoms with Gasteiger partial charge in [0.05, 0.1) is 16.6 Å². The van der Waals surface area contributed by atoms with E-state index in [1.807, 2.05) is 0 Å². The summed E-state index contributed by atoms with van der Waals surface area (Å²) in [6.45, 7) is 20.8. The second-order valence-electron chi connectivity index (χ2n) is 12.8. The highest BCUT2D eigenvalue weighted by atomic mass is 15.0. The van der Waals surface area contributed by atoms with Crippen LogP contribution in [0.2, 0.25) is 0 Å². The van der Waals surface area contributed by atoms with Crippen molar-refractivity contribution in [3.63, 3.8) is 0 Å². The number of imidazole rings is 1. The third-order valence-electron chi connectivity index (χ3n) is 8.92. The third kappa shape index (κ3) is 4.13. The molecule has 0 fully saturated rings. The number of aromatic nitrogens is 2. The van der Waals surface area contributed by atoms with Crippen LogP contribution in [0.15, 0.2) is 54.6 Å². The van der Waals surface area contributed by atoms with Crippen LogP contribution < -0.4 is 0 Å². The summed E-state index contributed by atoms with van der Waals surface area (Å²) in [5.74, 6) is 0.859. The summed E-state index contributed by atoms with van der Waals surface area (Å²) in [6, 6.07) is 14.0. The number of benzene rings is 2. The highest BCUT2D eigenvalue weighted by Gasteiger charge is 2.37. The molecular weight excluding hydrogens is 448 g/mol. The molecule has 1 aliphatic carbocycles. The Balaban J connectivity index is 1.99. The SMILES string of the molecule is CCC=CC(C)(CC)C1CC=C(C)c2c1c1nc3ccc(C(C)C)cc3n1c1ccc(C(C)(C)C)cc21. The van der Waals surface area contributed by atoms with E-state index in [9.17, 15) is 0 Å². The standard InChI is InChI=1S/C35H44N2/c1-10-12-19-35(9,11-2)27-16-13-23(5)31-26-21-25(34(6,7)8)15-18-29(26)37-30-20-24(22(3)4)14-17-28(30)36-33(37)32(27)31/h12-15,17-22,27H,10-11,16H2,1-9H3. The molecule has 2 atom stereocenters. The average Bonchev–Trinajstić information content (AvgIpc) is 3.25. The van der Waals surface area contributed by atoms with Gasteiger partial charge in [0, 0.05) is 16.9 Å². The fraction of sp³-hybridized carbons (Fsp3) is 0.457. The lowest BCUT2D eigenvalue weighted by molar-refractivity contribution is 0.322. The van der Waals surface area contributed by atoms with Gasteiger partial charge in [-0.2, -0.15) is 0 Å². The smallest absolute Gasteiger partial charge is 0.142 e. The van der Waals surface area contributed by atoms with Crippen LogP contribution in [0.1, 0.15) is 116 Å². The Hall–Kier alpha value is -2.87. The van der Waals surface area contributed by atoms with E-state index in [0.717, 1.165) is 30.4 Å². The molecule has 2 heteroatoms. The van der Waals surface area contributed by atoms with Crippen LogP contribution in [-0.2, 0) is 5.41 Å². The molecule has 2 aromatic carbocycles. The van der Waals surface area contributed by atoms with E-state index in [-0.39, 0.29) is 10.8 Å². The minimum absolute atomic E-state index is 0.0684. The van der Waals surface area contributed by atoms with Crippen LogP contribution >= 0.6 is 0 Å². The van der Waals surface area contributed by atoms with Crippen molar-refractivity contribution in [3.8, 4) is 0 Å². The summed E-state index contributed by atoms with van der Waals surface area (Å²) < 4.78 is 2.48. The largest absolute Gasteiger partial charge is 0.292 e. The zero-order valence-corrected chi connectivity index (χ0v) is 24.4. The van der Waals surface area contributed by atoms with E-state index in [2.05, 4.69) is 121 Å². The van der Waals surface area contributed by atoms with Gasteiger partial charge in [0.2, 0.25) is 0 Å². The van der Waals surface area contributed by atoms with E-state index in [0.29, 0.717) is 11.8 Å². The number of allylic oxidation sites excluding steroid dienone is 4. The summed E-state index contributed by atoms with van der Waals surface area (Å²) in [4.78, 5) is 5.37. The highest BCUT2D eigenvalue weighted by molar-refractivity contribution is 6.01. The predicted molar refractivity (Wildman–Crippen MR) is 162 cm³/mol. The molecule has 0 bridgehead atoms. The van der Waals surface area contributed by atoms with Gasteiger partial charge < -0.3 is 0 Å². The maximum Gasteiger partial charge on any atom is 0.142 e. The Bertz CT molecular complexity index is 1550. The topological polar surface area (TPSA) is 17.3 Å². The molecule has 2 heterocycles. The molecule has 0 aliphatic heterocycles. The van der Waals surface area contributed by atoms with Gasteiger partial charge in [-0.25, -0.2) is 4.98 Å². The molecule has 0 saturated heterocycles. The summed E-state index contributed by atoms with van der Waals surface area (Å²) in [6.07, 6.45) is 10.6. The lowest BCUT2D eigenvalue weighted by Gasteiger charge is -2.38. The maximum atomic E-state index is 5.37. The van der Waals surface area contributed by atoms with Gasteiger partial charge in [0.15, 0.2) is 0 Å². The molecule has 0 saturated carbocycles. The minimum Gasteiger partial charge on any atom is -0.292 e. The predicted octanol–water partition coefficient (Wildman–Crippen LogP) is 10.3. The second-order valence-corrected chi connectivity index (χ2v) is 12.8. The van der Waals surface area contributed by atoms with Crippen molar-refractivity contribution in [2.75, 3.05) is 0 Å². The molecule has 194 valence electrons. The first-order chi connectivity index (χ1) is 17.5. The molecule has 5 rings (SSSR count). The first-order valence-corrected chi connectivity index (χ1v) is 14.3. The molecule has 0 spiro atoms. The molecule has 0 amide bonds. The van der Waals surface area contributed by atoms with E-state index < -0.39 is 0 Å². The van der Waals surface area contributed by atoms with Crippen molar-refractivity contribution in [2.24, 2.45) is 5.41 Å². The van der Waals surface area contributed by atoms with Gasteiger partial charge in [-0.3, -0.25) is 4.40 Å². The second kappa shape index (κ2) is 9.15. The number of pyridine rings is 1. The molecule has 4 aromatic rings. The molecule has 0 N–H and O–H groups in total. The van der Waals surface area contributed by atoms with Crippen LogP contribution in [0.4, 0.5) is 0 Å². The summed E-state index contributed by atoms with van der Waals surface area (Å²) in [7, 11) is 0. The van der Waals surface area contributed by atoms with E-state index in [1.54, 1.807) is 0 Å². The van der Waals surface area contributed by atoms with Crippen molar-refractivity contribution in [1.82, 2.24) is 9.38 Å². The Morgan fingerprint density at radius 1 is 1.03 bits per heavy atom. The van der Waals surface area contributed by atoms with Crippen molar-refractivity contribution in [3.05, 3.63) is 76.9 Å². The molecule has 2 nitrogen and oxygen atoms in total. The maximum absolute atomic E-state index is 5.37. The number of hydrogen-bond acceptors (Lipinski definition) is 1. The van der Waals surface area contributed by atoms with Crippen molar-refractivity contribution in [1.29, 1.82) is 0 Å². The van der Waals surface area contributed by atoms with Gasteiger partial charge in [-0.15, -0.1) is 0 Å². The molecule has 1 aliphatic rings. The zero-order valence-electron chi connectivity index (χ0n) is 24.4. The summed E-state index contributed by atoms with van der Waals surface area (Å²) >= 11 is 0. The van der Waals surface area contributed by atoms with Crippen LogP contribution in [0.5, 0.6) is 0 Å². The Morgan fingerprint density at radius 3 is 2.43 bits per heavy atom. The third-order valence-corrected chi connectivity index (χ3v) is 8.92. The Morgan fingerprint density at radius 2 is 1.78 bits per heavy atom. The molecule has 2 aromatic heterocycles. The Labute approximate surface area is 223 Å². The van der Waals surface area contributed by atoms with E-state index >= 15 is 0 Å². The van der Waals surface area contributed by atoms with Gasteiger partial charge in [0.1, 0.15) is 5.65 Å². The van der Waals surface area contributed by atoms with Crippen molar-refractivity contribution in [2.45, 2.75) is 98.8 Å². The first kappa shape index (κ1) is 25.8. The van der Waals surface area contributed by atoms with Crippen LogP contribution in [0.3, 0.4) is 0 Å². The van der Waals surface area contributed by atoms with E-state index in [4.69, 9.17) is 4.98 Å². The monoisotopic (exact) mass is 492 g/mol. The van der Waals surface area contributed by atoms with Gasteiger partial charge in [0.25, 0.3) is 0 Å². The number of rotatable bonds is 5. The molecule has 2 unspecified atom stereocenters. The normalized spacial score (nSPS) is 18.2. The van der Waals surface area contributed by atoms with Crippen LogP contribution in [0.25, 0.3) is 33.2 Å². The lowest BCUT2D eigenvalue weighted by atomic mass is 9.66. The van der Waals surface area contributed by atoms with Gasteiger partial charge in [-0.1, -0.05) is 85.8 Å². The van der Waals surface area contributed by atoms with E-state index in [1.165, 1.54) is 44.2 Å². The number of hydrogen-bond donors (Lipinski definition) is 0. The average molecular weight is 493 g/mol. The van der Waals surface area contributed by atoms with Crippen molar-refractivity contribution < 1.29 is 0 Å². The zero-order chi connectivity index (χ0) is 26.7. The molecule has 0 radical (unpaired) electrons. The molecular formula is C35H44N2. The Kier molecular flexibility index (Phi) is 6.37. The number of nitrogens with zero attached hydrogens (tertiary/aromatic N) is 2.